The lowest BCUT2D eigenvalue weighted by Crippen LogP contribution is -2.12. The Kier molecular flexibility index (Phi) is 3.78. The Balaban J connectivity index is 1.75. The van der Waals surface area contributed by atoms with Crippen molar-refractivity contribution >= 4 is 17.5 Å². The lowest BCUT2D eigenvalue weighted by molar-refractivity contribution is -0.402. The van der Waals surface area contributed by atoms with Crippen molar-refractivity contribution < 1.29 is 14.1 Å². The predicted molar refractivity (Wildman–Crippen MR) is 81.9 cm³/mol. The van der Waals surface area contributed by atoms with Gasteiger partial charge >= 0.3 is 5.88 Å². The van der Waals surface area contributed by atoms with E-state index in [1.165, 1.54) is 18.5 Å². The third-order valence-electron chi connectivity index (χ3n) is 3.09. The van der Waals surface area contributed by atoms with Crippen LogP contribution in [0.4, 0.5) is 11.6 Å². The molecule has 1 amide bonds. The van der Waals surface area contributed by atoms with Crippen LogP contribution < -0.4 is 5.32 Å². The number of carbonyl (C=O) groups is 1. The second-order valence-corrected chi connectivity index (χ2v) is 4.96. The van der Waals surface area contributed by atoms with Crippen molar-refractivity contribution in [3.8, 4) is 5.95 Å². The number of amides is 1. The summed E-state index contributed by atoms with van der Waals surface area (Å²) in [5.41, 5.74) is 2.05. The minimum absolute atomic E-state index is 0.177. The number of nitro groups is 1. The average molecular weight is 328 g/mol. The minimum atomic E-state index is -0.719. The summed E-state index contributed by atoms with van der Waals surface area (Å²) >= 11 is 0. The first-order chi connectivity index (χ1) is 11.4. The Hall–Kier alpha value is -3.56. The SMILES string of the molecule is Cc1cc(C)n(-c2ncc(NC(=O)c3ccc([N+](=O)[O-])o3)cn2)n1. The number of aromatic nitrogens is 4. The molecule has 3 rings (SSSR count). The fraction of sp³-hybridized carbons (Fsp3) is 0.143. The first-order valence-corrected chi connectivity index (χ1v) is 6.85. The number of hydrogen-bond donors (Lipinski definition) is 1. The maximum absolute atomic E-state index is 12.0. The van der Waals surface area contributed by atoms with Crippen LogP contribution in [0.5, 0.6) is 0 Å². The molecule has 0 fully saturated rings. The fourth-order valence-electron chi connectivity index (χ4n) is 2.07. The van der Waals surface area contributed by atoms with Gasteiger partial charge in [0.1, 0.15) is 4.92 Å². The molecule has 0 spiro atoms. The largest absolute Gasteiger partial charge is 0.433 e. The molecule has 3 aromatic rings. The van der Waals surface area contributed by atoms with E-state index in [0.717, 1.165) is 17.5 Å². The molecular formula is C14H12N6O4. The molecule has 0 saturated heterocycles. The number of furan rings is 1. The number of nitrogens with one attached hydrogen (secondary N) is 1. The summed E-state index contributed by atoms with van der Waals surface area (Å²) in [4.78, 5) is 30.1. The summed E-state index contributed by atoms with van der Waals surface area (Å²) in [7, 11) is 0. The van der Waals surface area contributed by atoms with Crippen LogP contribution in [0, 0.1) is 24.0 Å². The van der Waals surface area contributed by atoms with E-state index in [9.17, 15) is 14.9 Å². The van der Waals surface area contributed by atoms with Gasteiger partial charge in [0.15, 0.2) is 5.76 Å². The van der Waals surface area contributed by atoms with Gasteiger partial charge in [-0.1, -0.05) is 0 Å². The van der Waals surface area contributed by atoms with Crippen molar-refractivity contribution in [3.05, 3.63) is 57.9 Å². The topological polar surface area (TPSA) is 129 Å². The molecule has 0 atom stereocenters. The molecule has 3 aromatic heterocycles. The Morgan fingerprint density at radius 3 is 2.54 bits per heavy atom. The van der Waals surface area contributed by atoms with Crippen LogP contribution >= 0.6 is 0 Å². The quantitative estimate of drug-likeness (QED) is 0.573. The first-order valence-electron chi connectivity index (χ1n) is 6.85. The van der Waals surface area contributed by atoms with E-state index in [1.54, 1.807) is 4.68 Å². The molecule has 1 N–H and O–H groups in total. The van der Waals surface area contributed by atoms with Crippen molar-refractivity contribution in [2.24, 2.45) is 0 Å². The summed E-state index contributed by atoms with van der Waals surface area (Å²) in [6, 6.07) is 4.22. The fourth-order valence-corrected chi connectivity index (χ4v) is 2.07. The maximum Gasteiger partial charge on any atom is 0.433 e. The third-order valence-corrected chi connectivity index (χ3v) is 3.09. The Labute approximate surface area is 135 Å². The monoisotopic (exact) mass is 328 g/mol. The van der Waals surface area contributed by atoms with Crippen molar-refractivity contribution in [1.82, 2.24) is 19.7 Å². The summed E-state index contributed by atoms with van der Waals surface area (Å²) in [5, 5.41) is 17.3. The molecule has 0 aliphatic rings. The van der Waals surface area contributed by atoms with Crippen molar-refractivity contribution in [3.63, 3.8) is 0 Å². The van der Waals surface area contributed by atoms with Gasteiger partial charge < -0.3 is 9.73 Å². The molecule has 0 aromatic carbocycles. The highest BCUT2D eigenvalue weighted by molar-refractivity contribution is 6.02. The van der Waals surface area contributed by atoms with Crippen LogP contribution in [-0.2, 0) is 0 Å². The van der Waals surface area contributed by atoms with Crippen LogP contribution in [0.25, 0.3) is 5.95 Å². The zero-order chi connectivity index (χ0) is 17.3. The van der Waals surface area contributed by atoms with Gasteiger partial charge in [0.25, 0.3) is 11.9 Å². The Morgan fingerprint density at radius 2 is 2.00 bits per heavy atom. The highest BCUT2D eigenvalue weighted by Crippen LogP contribution is 2.17. The summed E-state index contributed by atoms with van der Waals surface area (Å²) in [6.45, 7) is 3.74. The maximum atomic E-state index is 12.0. The van der Waals surface area contributed by atoms with Crippen LogP contribution in [-0.4, -0.2) is 30.6 Å². The zero-order valence-electron chi connectivity index (χ0n) is 12.8. The molecular weight excluding hydrogens is 316 g/mol. The molecule has 0 bridgehead atoms. The zero-order valence-corrected chi connectivity index (χ0v) is 12.8. The predicted octanol–water partition coefficient (Wildman–Crippen LogP) is 2.03. The average Bonchev–Trinajstić information content (AvgIpc) is 3.15. The molecule has 0 aliphatic carbocycles. The summed E-state index contributed by atoms with van der Waals surface area (Å²) in [5.74, 6) is -0.946. The van der Waals surface area contributed by atoms with Crippen LogP contribution in [0.2, 0.25) is 0 Å². The Morgan fingerprint density at radius 1 is 1.29 bits per heavy atom. The molecule has 10 nitrogen and oxygen atoms in total. The molecule has 122 valence electrons. The highest BCUT2D eigenvalue weighted by atomic mass is 16.6. The van der Waals surface area contributed by atoms with Gasteiger partial charge in [-0.15, -0.1) is 0 Å². The first kappa shape index (κ1) is 15.3. The van der Waals surface area contributed by atoms with E-state index in [0.29, 0.717) is 11.6 Å². The van der Waals surface area contributed by atoms with Crippen molar-refractivity contribution in [1.29, 1.82) is 0 Å². The van der Waals surface area contributed by atoms with E-state index in [4.69, 9.17) is 4.42 Å². The second-order valence-electron chi connectivity index (χ2n) is 4.96. The molecule has 0 radical (unpaired) electrons. The minimum Gasteiger partial charge on any atom is -0.395 e. The van der Waals surface area contributed by atoms with E-state index in [-0.39, 0.29) is 5.76 Å². The number of nitrogens with zero attached hydrogens (tertiary/aromatic N) is 5. The van der Waals surface area contributed by atoms with Gasteiger partial charge in [-0.3, -0.25) is 14.9 Å². The van der Waals surface area contributed by atoms with E-state index in [2.05, 4.69) is 20.4 Å². The van der Waals surface area contributed by atoms with E-state index < -0.39 is 16.7 Å². The number of carbonyl (C=O) groups excluding carboxylic acids is 1. The van der Waals surface area contributed by atoms with Gasteiger partial charge in [-0.05, 0) is 26.0 Å². The van der Waals surface area contributed by atoms with Gasteiger partial charge in [0.05, 0.1) is 29.8 Å². The molecule has 10 heteroatoms. The lowest BCUT2D eigenvalue weighted by atomic mass is 10.4. The smallest absolute Gasteiger partial charge is 0.395 e. The van der Waals surface area contributed by atoms with Crippen LogP contribution in [0.15, 0.2) is 35.0 Å². The molecule has 0 saturated carbocycles. The second kappa shape index (κ2) is 5.91. The van der Waals surface area contributed by atoms with Crippen LogP contribution in [0.1, 0.15) is 21.9 Å². The van der Waals surface area contributed by atoms with Crippen molar-refractivity contribution in [2.75, 3.05) is 5.32 Å². The Bertz CT molecular complexity index is 912. The lowest BCUT2D eigenvalue weighted by Gasteiger charge is -2.04. The summed E-state index contributed by atoms with van der Waals surface area (Å²) < 4.78 is 6.40. The van der Waals surface area contributed by atoms with Gasteiger partial charge in [0, 0.05) is 5.69 Å². The van der Waals surface area contributed by atoms with E-state index >= 15 is 0 Å². The van der Waals surface area contributed by atoms with E-state index in [1.807, 2.05) is 19.9 Å². The number of hydrogen-bond acceptors (Lipinski definition) is 7. The van der Waals surface area contributed by atoms with Gasteiger partial charge in [0.2, 0.25) is 0 Å². The van der Waals surface area contributed by atoms with Gasteiger partial charge in [-0.25, -0.2) is 14.6 Å². The molecule has 3 heterocycles. The third kappa shape index (κ3) is 2.97. The number of rotatable bonds is 4. The molecule has 24 heavy (non-hydrogen) atoms. The summed E-state index contributed by atoms with van der Waals surface area (Å²) in [6.07, 6.45) is 2.82. The number of anilines is 1. The van der Waals surface area contributed by atoms with Gasteiger partial charge in [-0.2, -0.15) is 5.10 Å². The molecule has 0 aliphatic heterocycles. The standard InChI is InChI=1S/C14H12N6O4/c1-8-5-9(2)19(18-8)14-15-6-10(7-16-14)17-13(21)11-3-4-12(24-11)20(22)23/h3-7H,1-2H3,(H,17,21). The number of aryl methyl sites for hydroxylation is 2. The highest BCUT2D eigenvalue weighted by Gasteiger charge is 2.17. The molecule has 0 unspecified atom stereocenters. The van der Waals surface area contributed by atoms with Crippen molar-refractivity contribution in [2.45, 2.75) is 13.8 Å². The van der Waals surface area contributed by atoms with Crippen LogP contribution in [0.3, 0.4) is 0 Å². The normalized spacial score (nSPS) is 10.6.